The molecule has 0 radical (unpaired) electrons. The van der Waals surface area contributed by atoms with Gasteiger partial charge in [0.1, 0.15) is 11.6 Å². The van der Waals surface area contributed by atoms with E-state index in [1.165, 1.54) is 0 Å². The summed E-state index contributed by atoms with van der Waals surface area (Å²) in [6.07, 6.45) is 0. The number of anilines is 1. The van der Waals surface area contributed by atoms with Crippen LogP contribution < -0.4 is 10.1 Å². The lowest BCUT2D eigenvalue weighted by molar-refractivity contribution is -0.113. The molecule has 1 rings (SSSR count). The summed E-state index contributed by atoms with van der Waals surface area (Å²) in [5.41, 5.74) is 0.714. The molecule has 0 unspecified atom stereocenters. The van der Waals surface area contributed by atoms with E-state index in [0.717, 1.165) is 5.75 Å². The van der Waals surface area contributed by atoms with Crippen LogP contribution in [0.2, 0.25) is 0 Å². The van der Waals surface area contributed by atoms with Crippen LogP contribution in [0, 0.1) is 0 Å². The molecule has 0 heterocycles. The summed E-state index contributed by atoms with van der Waals surface area (Å²) in [5, 5.41) is 2.62. The number of hydrogen-bond acceptors (Lipinski definition) is 2. The molecule has 0 atom stereocenters. The van der Waals surface area contributed by atoms with Gasteiger partial charge in [-0.25, -0.2) is 0 Å². The van der Waals surface area contributed by atoms with E-state index in [1.807, 2.05) is 0 Å². The lowest BCUT2D eigenvalue weighted by Gasteiger charge is -2.03. The zero-order valence-electron chi connectivity index (χ0n) is 7.21. The van der Waals surface area contributed by atoms with Crippen molar-refractivity contribution in [2.45, 2.75) is 0 Å². The molecule has 0 bridgehead atoms. The molecule has 0 aliphatic rings. The zero-order chi connectivity index (χ0) is 9.68. The Labute approximate surface area is 81.7 Å². The van der Waals surface area contributed by atoms with Gasteiger partial charge in [-0.15, -0.1) is 11.6 Å². The quantitative estimate of drug-likeness (QED) is 0.755. The van der Waals surface area contributed by atoms with Crippen LogP contribution in [0.15, 0.2) is 24.3 Å². The Hall–Kier alpha value is -1.22. The second-order valence-corrected chi connectivity index (χ2v) is 2.68. The van der Waals surface area contributed by atoms with Crippen LogP contribution in [0.4, 0.5) is 5.69 Å². The Kier molecular flexibility index (Phi) is 3.58. The number of methoxy groups -OCH3 is 1. The predicted octanol–water partition coefficient (Wildman–Crippen LogP) is 1.87. The molecule has 0 aliphatic carbocycles. The maximum Gasteiger partial charge on any atom is 0.239 e. The Morgan fingerprint density at radius 2 is 2.08 bits per heavy atom. The van der Waals surface area contributed by atoms with E-state index in [-0.39, 0.29) is 11.8 Å². The van der Waals surface area contributed by atoms with Crippen LogP contribution in [0.3, 0.4) is 0 Å². The molecule has 0 saturated carbocycles. The number of benzene rings is 1. The molecule has 1 N–H and O–H groups in total. The summed E-state index contributed by atoms with van der Waals surface area (Å²) in [6, 6.07) is 7.04. The fourth-order valence-corrected chi connectivity index (χ4v) is 0.936. The Morgan fingerprint density at radius 3 is 2.54 bits per heavy atom. The molecule has 13 heavy (non-hydrogen) atoms. The van der Waals surface area contributed by atoms with Crippen LogP contribution in [0.5, 0.6) is 5.75 Å². The van der Waals surface area contributed by atoms with Crippen molar-refractivity contribution >= 4 is 23.2 Å². The Morgan fingerprint density at radius 1 is 1.46 bits per heavy atom. The highest BCUT2D eigenvalue weighted by Gasteiger charge is 1.99. The van der Waals surface area contributed by atoms with Gasteiger partial charge >= 0.3 is 0 Å². The van der Waals surface area contributed by atoms with Crippen LogP contribution in [-0.2, 0) is 4.79 Å². The highest BCUT2D eigenvalue weighted by atomic mass is 35.5. The number of rotatable bonds is 3. The molecule has 0 aromatic heterocycles. The van der Waals surface area contributed by atoms with E-state index in [4.69, 9.17) is 16.3 Å². The highest BCUT2D eigenvalue weighted by Crippen LogP contribution is 2.14. The van der Waals surface area contributed by atoms with Crippen molar-refractivity contribution in [1.29, 1.82) is 0 Å². The first-order chi connectivity index (χ1) is 6.26. The monoisotopic (exact) mass is 199 g/mol. The van der Waals surface area contributed by atoms with Crippen LogP contribution >= 0.6 is 11.6 Å². The average Bonchev–Trinajstić information content (AvgIpc) is 2.19. The first kappa shape index (κ1) is 9.86. The molecule has 4 heteroatoms. The van der Waals surface area contributed by atoms with Gasteiger partial charge in [0.05, 0.1) is 7.11 Å². The highest BCUT2D eigenvalue weighted by molar-refractivity contribution is 6.29. The van der Waals surface area contributed by atoms with Crippen molar-refractivity contribution in [3.8, 4) is 5.75 Å². The van der Waals surface area contributed by atoms with Crippen LogP contribution in [-0.4, -0.2) is 18.9 Å². The summed E-state index contributed by atoms with van der Waals surface area (Å²) in [4.78, 5) is 10.9. The Bertz CT molecular complexity index is 284. The van der Waals surface area contributed by atoms with Gasteiger partial charge in [0, 0.05) is 5.69 Å². The van der Waals surface area contributed by atoms with E-state index in [9.17, 15) is 4.79 Å². The van der Waals surface area contributed by atoms with Gasteiger partial charge in [-0.1, -0.05) is 0 Å². The minimum atomic E-state index is -0.216. The molecule has 0 fully saturated rings. The van der Waals surface area contributed by atoms with Crippen molar-refractivity contribution < 1.29 is 9.53 Å². The summed E-state index contributed by atoms with van der Waals surface area (Å²) in [7, 11) is 1.59. The van der Waals surface area contributed by atoms with E-state index in [1.54, 1.807) is 31.4 Å². The van der Waals surface area contributed by atoms with Crippen LogP contribution in [0.25, 0.3) is 0 Å². The van der Waals surface area contributed by atoms with E-state index in [0.29, 0.717) is 5.69 Å². The molecule has 70 valence electrons. The summed E-state index contributed by atoms with van der Waals surface area (Å²) in [5.74, 6) is 0.502. The van der Waals surface area contributed by atoms with E-state index >= 15 is 0 Å². The Balaban J connectivity index is 2.64. The third kappa shape index (κ3) is 2.95. The summed E-state index contributed by atoms with van der Waals surface area (Å²) < 4.78 is 4.96. The molecule has 0 aliphatic heterocycles. The SMILES string of the molecule is COc1ccc(NC(=O)CCl)cc1. The molecular formula is C9H10ClNO2. The van der Waals surface area contributed by atoms with Gasteiger partial charge in [-0.05, 0) is 24.3 Å². The first-order valence-electron chi connectivity index (χ1n) is 3.76. The van der Waals surface area contributed by atoms with Gasteiger partial charge in [0.2, 0.25) is 5.91 Å². The van der Waals surface area contributed by atoms with Crippen molar-refractivity contribution in [3.63, 3.8) is 0 Å². The molecular weight excluding hydrogens is 190 g/mol. The summed E-state index contributed by atoms with van der Waals surface area (Å²) in [6.45, 7) is 0. The molecule has 0 spiro atoms. The number of alkyl halides is 1. The third-order valence-electron chi connectivity index (χ3n) is 1.50. The standard InChI is InChI=1S/C9H10ClNO2/c1-13-8-4-2-7(3-5-8)11-9(12)6-10/h2-5H,6H2,1H3,(H,11,12). The minimum absolute atomic E-state index is 0.0357. The molecule has 3 nitrogen and oxygen atoms in total. The van der Waals surface area contributed by atoms with E-state index < -0.39 is 0 Å². The second kappa shape index (κ2) is 4.72. The topological polar surface area (TPSA) is 38.3 Å². The van der Waals surface area contributed by atoms with Gasteiger partial charge in [-0.2, -0.15) is 0 Å². The fraction of sp³-hybridized carbons (Fsp3) is 0.222. The lowest BCUT2D eigenvalue weighted by Crippen LogP contribution is -2.12. The molecule has 1 aromatic rings. The second-order valence-electron chi connectivity index (χ2n) is 2.41. The number of halogens is 1. The number of hydrogen-bond donors (Lipinski definition) is 1. The predicted molar refractivity (Wildman–Crippen MR) is 52.3 cm³/mol. The molecule has 1 amide bonds. The van der Waals surface area contributed by atoms with Gasteiger partial charge in [0.25, 0.3) is 0 Å². The maximum absolute atomic E-state index is 10.9. The lowest BCUT2D eigenvalue weighted by atomic mass is 10.3. The maximum atomic E-state index is 10.9. The van der Waals surface area contributed by atoms with Gasteiger partial charge in [-0.3, -0.25) is 4.79 Å². The number of nitrogens with one attached hydrogen (secondary N) is 1. The van der Waals surface area contributed by atoms with Crippen molar-refractivity contribution in [2.24, 2.45) is 0 Å². The van der Waals surface area contributed by atoms with Crippen molar-refractivity contribution in [3.05, 3.63) is 24.3 Å². The number of carbonyl (C=O) groups excluding carboxylic acids is 1. The zero-order valence-corrected chi connectivity index (χ0v) is 7.97. The number of carbonyl (C=O) groups is 1. The normalized spacial score (nSPS) is 9.38. The van der Waals surface area contributed by atoms with Crippen LogP contribution in [0.1, 0.15) is 0 Å². The number of amides is 1. The smallest absolute Gasteiger partial charge is 0.239 e. The average molecular weight is 200 g/mol. The molecule has 0 saturated heterocycles. The summed E-state index contributed by atoms with van der Waals surface area (Å²) >= 11 is 5.32. The van der Waals surface area contributed by atoms with Gasteiger partial charge < -0.3 is 10.1 Å². The molecule has 1 aromatic carbocycles. The van der Waals surface area contributed by atoms with E-state index in [2.05, 4.69) is 5.32 Å². The third-order valence-corrected chi connectivity index (χ3v) is 1.74. The first-order valence-corrected chi connectivity index (χ1v) is 4.29. The largest absolute Gasteiger partial charge is 0.497 e. The van der Waals surface area contributed by atoms with Crippen molar-refractivity contribution in [2.75, 3.05) is 18.3 Å². The fourth-order valence-electron chi connectivity index (χ4n) is 0.869. The van der Waals surface area contributed by atoms with Crippen molar-refractivity contribution in [1.82, 2.24) is 0 Å². The minimum Gasteiger partial charge on any atom is -0.497 e. The van der Waals surface area contributed by atoms with Gasteiger partial charge in [0.15, 0.2) is 0 Å². The number of ether oxygens (including phenoxy) is 1.